The first-order chi connectivity index (χ1) is 64.6. The Morgan fingerprint density at radius 3 is 1.23 bits per heavy atom. The molecule has 6 heterocycles. The lowest BCUT2D eigenvalue weighted by Gasteiger charge is -2.53. The van der Waals surface area contributed by atoms with Gasteiger partial charge in [-0.2, -0.15) is 0 Å². The first kappa shape index (κ1) is 119. The third-order valence-corrected chi connectivity index (χ3v) is 25.8. The van der Waals surface area contributed by atoms with Gasteiger partial charge >= 0.3 is 17.9 Å². The number of carbonyl (C=O) groups is 8. The van der Waals surface area contributed by atoms with E-state index in [4.69, 9.17) is 56.8 Å². The molecule has 3 unspecified atom stereocenters. The maximum Gasteiger partial charge on any atom is 0.364 e. The second-order valence-electron chi connectivity index (χ2n) is 36.7. The number of hydrogen-bond donors (Lipinski definition) is 26. The fourth-order valence-electron chi connectivity index (χ4n) is 18.3. The number of ether oxygens (including phenoxy) is 12. The number of Topliss-reactive ketones (excluding diaryl/α,β-unsaturated/α-hetero) is 1. The van der Waals surface area contributed by atoms with E-state index in [1.807, 2.05) is 0 Å². The second-order valence-corrected chi connectivity index (χ2v) is 36.7. The van der Waals surface area contributed by atoms with E-state index in [9.17, 15) is 151 Å². The number of rotatable bonds is 64. The maximum atomic E-state index is 14.4. The number of aliphatic hydroxyl groups is 19. The minimum atomic E-state index is -3.71. The SMILES string of the molecule is CCCCCCC=CCCCCCCCCCC(=O)N[C@@H](CO[C@@H]1O[C@H](CO)[C@@H](O[C@@H]2O[C@H](CO)[C@H](O[C@@H]3O[C@H](CO)[C@H](O)[C@H](O)[C@H]3CC(C)=O)[C@H](O[C@]3(C(=O)O)C[C@H](O)[C@@H](NC(C)=O)C([C@H](O)[C@@H](CO)O[C@]4(C(=O)O)C[C@H](O)[C@@H](NC(C)=O)C([C@H](O)[C@@H](CO)O[C@]5(C(=O)O)C[C@H](O)[C@@H](NC(C)=O)C([C@H](O)[C@H](O)CO)O5)O4)O3)[C@H]2O)[C@H](O)[C@H]1O)[C@H](O)CCCCCCCCCCCCCCC. The summed E-state index contributed by atoms with van der Waals surface area (Å²) in [7, 11) is 0. The molecule has 6 aliphatic heterocycles. The van der Waals surface area contributed by atoms with Crippen molar-refractivity contribution in [1.82, 2.24) is 21.3 Å². The van der Waals surface area contributed by atoms with Gasteiger partial charge < -0.3 is 195 Å². The monoisotopic (exact) mass is 1970 g/mol. The standard InChI is InChI=1S/C90H156N4O42/c1-7-9-11-13-15-17-19-21-22-24-26-28-30-32-34-36-64(110)94-53(54(105)35-33-31-29-27-25-23-20-18-16-14-12-10-8-2)47-125-83-74(117)73(116)76(62(45-99)127-83)129-84-75(118)81(77(63(46-100)128-84)130-82-52(37-48(3)101)68(111)70(113)59(42-96)126-82)136-90(87(123)124)40-57(108)67(93-51(6)104)80(135-90)72(115)61(44-98)132-89(86(121)122)39-56(107)66(92-50(5)103)79(134-89)71(114)60(43-97)131-88(85(119)120)38-55(106)65(91-49(4)102)78(133-88)69(112)58(109)41-95/h17,19,52-63,65-84,95-100,105-109,111-118H,7-16,18,20-47H2,1-6H3,(H,91,102)(H,92,103)(H,93,104)(H,94,110)(H,119,120)(H,121,122)(H,123,124)/t52-,53+,54-,55+,56+,57+,58-,59-,60-,61-,62-,63-,65-,66-,67-,68-,69-,70+,71-,72-,73-,74-,75-,76-,77+,78?,79?,80?,81-,82+,83-,84+,88-,89-,90+/m1/s1. The van der Waals surface area contributed by atoms with Gasteiger partial charge in [0.15, 0.2) is 18.9 Å². The van der Waals surface area contributed by atoms with Gasteiger partial charge in [0.1, 0.15) is 122 Å². The third-order valence-electron chi connectivity index (χ3n) is 25.8. The largest absolute Gasteiger partial charge is 0.477 e. The Bertz CT molecular complexity index is 3570. The molecule has 0 aromatic heterocycles. The number of unbranched alkanes of at least 4 members (excludes halogenated alkanes) is 23. The molecule has 788 valence electrons. The Hall–Kier alpha value is -5.54. The first-order valence-electron chi connectivity index (χ1n) is 48.0. The van der Waals surface area contributed by atoms with E-state index < -0.39 is 332 Å². The van der Waals surface area contributed by atoms with E-state index in [1.165, 1.54) is 64.2 Å². The van der Waals surface area contributed by atoms with Crippen molar-refractivity contribution in [3.63, 3.8) is 0 Å². The molecule has 0 bridgehead atoms. The van der Waals surface area contributed by atoms with E-state index in [0.717, 1.165) is 118 Å². The van der Waals surface area contributed by atoms with E-state index in [-0.39, 0.29) is 12.8 Å². The molecule has 6 aliphatic rings. The van der Waals surface area contributed by atoms with Crippen LogP contribution in [0.1, 0.15) is 247 Å². The summed E-state index contributed by atoms with van der Waals surface area (Å²) in [5, 5.41) is 261. The smallest absolute Gasteiger partial charge is 0.364 e. The summed E-state index contributed by atoms with van der Waals surface area (Å²) in [4.78, 5) is 107. The predicted molar refractivity (Wildman–Crippen MR) is 470 cm³/mol. The number of carboxylic acids is 3. The van der Waals surface area contributed by atoms with Crippen molar-refractivity contribution in [2.45, 2.75) is 454 Å². The molecular weight excluding hydrogens is 1810 g/mol. The molecule has 46 heteroatoms. The molecule has 0 saturated carbocycles. The van der Waals surface area contributed by atoms with Gasteiger partial charge in [0.05, 0.1) is 101 Å². The fraction of sp³-hybridized carbons (Fsp3) is 0.889. The van der Waals surface area contributed by atoms with Crippen molar-refractivity contribution in [2.75, 3.05) is 46.2 Å². The number of amides is 4. The summed E-state index contributed by atoms with van der Waals surface area (Å²) in [5.74, 6) is -23.5. The molecule has 0 spiro atoms. The summed E-state index contributed by atoms with van der Waals surface area (Å²) in [5.41, 5.74) is 0. The van der Waals surface area contributed by atoms with Crippen LogP contribution in [0.4, 0.5) is 0 Å². The summed E-state index contributed by atoms with van der Waals surface area (Å²) in [6.45, 7) is -0.549. The van der Waals surface area contributed by atoms with Crippen LogP contribution in [0.3, 0.4) is 0 Å². The molecular formula is C90H156N4O42. The molecule has 0 aromatic rings. The van der Waals surface area contributed by atoms with Crippen molar-refractivity contribution in [1.29, 1.82) is 0 Å². The highest BCUT2D eigenvalue weighted by atomic mass is 16.8. The van der Waals surface area contributed by atoms with Crippen LogP contribution in [-0.4, -0.2) is 413 Å². The highest BCUT2D eigenvalue weighted by molar-refractivity contribution is 5.79. The molecule has 46 nitrogen and oxygen atoms in total. The number of aliphatic carboxylic acids is 3. The second kappa shape index (κ2) is 59.5. The Kier molecular flexibility index (Phi) is 52.1. The molecule has 0 aromatic carbocycles. The average molecular weight is 1970 g/mol. The highest BCUT2D eigenvalue weighted by Crippen LogP contribution is 2.45. The summed E-state index contributed by atoms with van der Waals surface area (Å²) < 4.78 is 72.0. The van der Waals surface area contributed by atoms with Crippen molar-refractivity contribution < 1.29 is 208 Å². The number of carboxylic acid groups (broad SMARTS) is 3. The molecule has 6 rings (SSSR count). The van der Waals surface area contributed by atoms with Gasteiger partial charge in [-0.15, -0.1) is 0 Å². The van der Waals surface area contributed by atoms with Crippen LogP contribution in [0.15, 0.2) is 12.2 Å². The van der Waals surface area contributed by atoms with Crippen molar-refractivity contribution in [2.24, 2.45) is 5.92 Å². The van der Waals surface area contributed by atoms with Gasteiger partial charge in [-0.3, -0.25) is 19.2 Å². The lowest BCUT2D eigenvalue weighted by molar-refractivity contribution is -0.404. The maximum absolute atomic E-state index is 14.4. The van der Waals surface area contributed by atoms with Crippen LogP contribution >= 0.6 is 0 Å². The molecule has 4 amide bonds. The van der Waals surface area contributed by atoms with E-state index in [1.54, 1.807) is 0 Å². The van der Waals surface area contributed by atoms with E-state index >= 15 is 0 Å². The number of allylic oxidation sites excluding steroid dienone is 2. The van der Waals surface area contributed by atoms with Crippen LogP contribution in [0.25, 0.3) is 0 Å². The number of nitrogens with one attached hydrogen (secondary N) is 4. The van der Waals surface area contributed by atoms with Crippen LogP contribution in [-0.2, 0) is 95.2 Å². The van der Waals surface area contributed by atoms with Gasteiger partial charge in [0.2, 0.25) is 23.6 Å². The molecule has 6 saturated heterocycles. The van der Waals surface area contributed by atoms with Gasteiger partial charge in [0, 0.05) is 58.8 Å². The third kappa shape index (κ3) is 34.4. The Balaban J connectivity index is 1.32. The fourth-order valence-corrected chi connectivity index (χ4v) is 18.3. The molecule has 35 atom stereocenters. The Morgan fingerprint density at radius 1 is 0.412 bits per heavy atom. The molecule has 6 fully saturated rings. The van der Waals surface area contributed by atoms with Crippen LogP contribution < -0.4 is 21.3 Å². The molecule has 136 heavy (non-hydrogen) atoms. The average Bonchev–Trinajstić information content (AvgIpc) is 0.732. The van der Waals surface area contributed by atoms with Crippen molar-refractivity contribution >= 4 is 47.3 Å². The lowest BCUT2D eigenvalue weighted by Crippen LogP contribution is -2.72. The van der Waals surface area contributed by atoms with Crippen LogP contribution in [0.2, 0.25) is 0 Å². The van der Waals surface area contributed by atoms with E-state index in [0.29, 0.717) is 12.8 Å². The zero-order valence-electron chi connectivity index (χ0n) is 78.7. The Labute approximate surface area is 791 Å². The van der Waals surface area contributed by atoms with Gasteiger partial charge in [-0.05, 0) is 45.4 Å². The minimum absolute atomic E-state index is 0.0978. The zero-order valence-corrected chi connectivity index (χ0v) is 78.7. The van der Waals surface area contributed by atoms with Crippen molar-refractivity contribution in [3.8, 4) is 0 Å². The van der Waals surface area contributed by atoms with Gasteiger partial charge in [0.25, 0.3) is 17.4 Å². The topological polar surface area (TPSA) is 741 Å². The number of ketones is 1. The molecule has 0 aliphatic carbocycles. The lowest BCUT2D eigenvalue weighted by atomic mass is 9.86. The zero-order chi connectivity index (χ0) is 101. The summed E-state index contributed by atoms with van der Waals surface area (Å²) in [6, 6.07) is -7.20. The molecule has 0 radical (unpaired) electrons. The normalized spacial score (nSPS) is 34.0. The molecule has 26 N–H and O–H groups in total. The summed E-state index contributed by atoms with van der Waals surface area (Å²) >= 11 is 0. The number of carbonyl (C=O) groups excluding carboxylic acids is 5. The quantitative estimate of drug-likeness (QED) is 0.0208. The number of hydrogen-bond acceptors (Lipinski definition) is 39. The van der Waals surface area contributed by atoms with Crippen molar-refractivity contribution in [3.05, 3.63) is 12.2 Å². The highest BCUT2D eigenvalue weighted by Gasteiger charge is 2.65. The predicted octanol–water partition coefficient (Wildman–Crippen LogP) is -3.43. The first-order valence-corrected chi connectivity index (χ1v) is 48.0. The van der Waals surface area contributed by atoms with E-state index in [2.05, 4.69) is 47.3 Å². The Morgan fingerprint density at radius 2 is 0.801 bits per heavy atom. The minimum Gasteiger partial charge on any atom is -0.477 e. The van der Waals surface area contributed by atoms with Gasteiger partial charge in [-0.1, -0.05) is 161 Å². The number of aliphatic hydroxyl groups excluding tert-OH is 19. The summed E-state index contributed by atoms with van der Waals surface area (Å²) in [6.07, 6.45) is -34.5. The van der Waals surface area contributed by atoms with Crippen LogP contribution in [0, 0.1) is 5.92 Å². The van der Waals surface area contributed by atoms with Crippen LogP contribution in [0.5, 0.6) is 0 Å². The van der Waals surface area contributed by atoms with Gasteiger partial charge in [-0.25, -0.2) is 14.4 Å².